The van der Waals surface area contributed by atoms with Crippen LogP contribution >= 0.6 is 11.3 Å². The first-order valence-corrected chi connectivity index (χ1v) is 8.36. The zero-order valence-electron chi connectivity index (χ0n) is 10.9. The van der Waals surface area contributed by atoms with E-state index in [0.717, 1.165) is 21.0 Å². The van der Waals surface area contributed by atoms with Crippen molar-refractivity contribution in [3.8, 4) is 0 Å². The van der Waals surface area contributed by atoms with E-state index in [4.69, 9.17) is 0 Å². The van der Waals surface area contributed by atoms with Gasteiger partial charge in [-0.05, 0) is 19.4 Å². The van der Waals surface area contributed by atoms with E-state index in [2.05, 4.69) is 9.71 Å². The van der Waals surface area contributed by atoms with Crippen LogP contribution in [0.4, 0.5) is 0 Å². The Hall–Kier alpha value is -1.24. The smallest absolute Gasteiger partial charge is 0.216 e. The van der Waals surface area contributed by atoms with Crippen LogP contribution in [-0.4, -0.2) is 13.4 Å². The molecule has 1 N–H and O–H groups in total. The van der Waals surface area contributed by atoms with Gasteiger partial charge in [0.1, 0.15) is 5.01 Å². The van der Waals surface area contributed by atoms with Gasteiger partial charge >= 0.3 is 0 Å². The number of benzene rings is 1. The van der Waals surface area contributed by atoms with Crippen LogP contribution in [0.2, 0.25) is 0 Å². The molecule has 0 aliphatic heterocycles. The Morgan fingerprint density at radius 1 is 1.21 bits per heavy atom. The van der Waals surface area contributed by atoms with Crippen LogP contribution in [0.1, 0.15) is 21.0 Å². The molecule has 0 unspecified atom stereocenters. The van der Waals surface area contributed by atoms with Crippen molar-refractivity contribution in [3.63, 3.8) is 0 Å². The molecule has 0 spiro atoms. The van der Waals surface area contributed by atoms with Crippen molar-refractivity contribution in [2.75, 3.05) is 0 Å². The highest BCUT2D eigenvalue weighted by Crippen LogP contribution is 2.12. The monoisotopic (exact) mass is 296 g/mol. The van der Waals surface area contributed by atoms with E-state index in [-0.39, 0.29) is 12.3 Å². The van der Waals surface area contributed by atoms with Gasteiger partial charge in [-0.15, -0.1) is 11.3 Å². The number of aromatic nitrogens is 1. The minimum atomic E-state index is -3.32. The SMILES string of the molecule is Cc1ccc(CS(=O)(=O)NCc2ncc(C)s2)cc1. The Balaban J connectivity index is 1.97. The van der Waals surface area contributed by atoms with E-state index in [1.807, 2.05) is 38.1 Å². The predicted molar refractivity (Wildman–Crippen MR) is 77.5 cm³/mol. The summed E-state index contributed by atoms with van der Waals surface area (Å²) in [6.07, 6.45) is 1.74. The van der Waals surface area contributed by atoms with Gasteiger partial charge in [-0.3, -0.25) is 0 Å². The quantitative estimate of drug-likeness (QED) is 0.921. The maximum absolute atomic E-state index is 11.9. The molecule has 2 rings (SSSR count). The topological polar surface area (TPSA) is 59.1 Å². The molecule has 1 aromatic carbocycles. The van der Waals surface area contributed by atoms with Crippen molar-refractivity contribution in [3.05, 3.63) is 51.5 Å². The van der Waals surface area contributed by atoms with Crippen LogP contribution in [0, 0.1) is 13.8 Å². The molecule has 0 bridgehead atoms. The van der Waals surface area contributed by atoms with Crippen LogP contribution in [0.15, 0.2) is 30.5 Å². The third kappa shape index (κ3) is 4.41. The molecule has 0 aliphatic carbocycles. The minimum Gasteiger partial charge on any atom is -0.248 e. The summed E-state index contributed by atoms with van der Waals surface area (Å²) in [5, 5.41) is 0.782. The molecule has 1 aromatic heterocycles. The fraction of sp³-hybridized carbons (Fsp3) is 0.308. The summed E-state index contributed by atoms with van der Waals surface area (Å²) >= 11 is 1.50. The summed E-state index contributed by atoms with van der Waals surface area (Å²) in [7, 11) is -3.32. The van der Waals surface area contributed by atoms with Crippen molar-refractivity contribution < 1.29 is 8.42 Å². The lowest BCUT2D eigenvalue weighted by atomic mass is 10.2. The van der Waals surface area contributed by atoms with Crippen LogP contribution in [0.25, 0.3) is 0 Å². The van der Waals surface area contributed by atoms with Gasteiger partial charge in [0.25, 0.3) is 0 Å². The summed E-state index contributed by atoms with van der Waals surface area (Å²) in [4.78, 5) is 5.21. The van der Waals surface area contributed by atoms with Crippen LogP contribution in [-0.2, 0) is 22.3 Å². The molecular weight excluding hydrogens is 280 g/mol. The molecule has 0 fully saturated rings. The first-order chi connectivity index (χ1) is 8.94. The lowest BCUT2D eigenvalue weighted by Gasteiger charge is -2.05. The lowest BCUT2D eigenvalue weighted by Crippen LogP contribution is -2.24. The molecule has 19 heavy (non-hydrogen) atoms. The van der Waals surface area contributed by atoms with Gasteiger partial charge in [-0.25, -0.2) is 18.1 Å². The molecule has 2 aromatic rings. The van der Waals surface area contributed by atoms with Gasteiger partial charge in [-0.1, -0.05) is 29.8 Å². The largest absolute Gasteiger partial charge is 0.248 e. The minimum absolute atomic E-state index is 0.00234. The second kappa shape index (κ2) is 5.81. The van der Waals surface area contributed by atoms with Gasteiger partial charge in [0, 0.05) is 11.1 Å². The van der Waals surface area contributed by atoms with Crippen molar-refractivity contribution >= 4 is 21.4 Å². The second-order valence-electron chi connectivity index (χ2n) is 4.43. The van der Waals surface area contributed by atoms with Crippen LogP contribution < -0.4 is 4.72 Å². The van der Waals surface area contributed by atoms with Crippen molar-refractivity contribution in [2.24, 2.45) is 0 Å². The third-order valence-corrected chi connectivity index (χ3v) is 4.80. The summed E-state index contributed by atoms with van der Waals surface area (Å²) < 4.78 is 26.4. The van der Waals surface area contributed by atoms with E-state index in [0.29, 0.717) is 0 Å². The van der Waals surface area contributed by atoms with Gasteiger partial charge in [-0.2, -0.15) is 0 Å². The Bertz CT molecular complexity index is 646. The summed E-state index contributed by atoms with van der Waals surface area (Å²) in [6, 6.07) is 7.49. The maximum atomic E-state index is 11.9. The van der Waals surface area contributed by atoms with E-state index in [1.54, 1.807) is 6.20 Å². The summed E-state index contributed by atoms with van der Waals surface area (Å²) in [5.41, 5.74) is 1.90. The molecule has 0 aliphatic rings. The highest BCUT2D eigenvalue weighted by atomic mass is 32.2. The van der Waals surface area contributed by atoms with Crippen LogP contribution in [0.3, 0.4) is 0 Å². The Morgan fingerprint density at radius 3 is 2.47 bits per heavy atom. The number of nitrogens with zero attached hydrogens (tertiary/aromatic N) is 1. The molecule has 4 nitrogen and oxygen atoms in total. The van der Waals surface area contributed by atoms with E-state index in [1.165, 1.54) is 11.3 Å². The van der Waals surface area contributed by atoms with Gasteiger partial charge in [0.2, 0.25) is 10.0 Å². The van der Waals surface area contributed by atoms with Gasteiger partial charge in [0.05, 0.1) is 12.3 Å². The van der Waals surface area contributed by atoms with E-state index in [9.17, 15) is 8.42 Å². The molecule has 102 valence electrons. The van der Waals surface area contributed by atoms with E-state index < -0.39 is 10.0 Å². The second-order valence-corrected chi connectivity index (χ2v) is 7.56. The molecule has 1 heterocycles. The average molecular weight is 296 g/mol. The zero-order chi connectivity index (χ0) is 13.9. The standard InChI is InChI=1S/C13H16N2O2S2/c1-10-3-5-12(6-4-10)9-19(16,17)15-8-13-14-7-11(2)18-13/h3-7,15H,8-9H2,1-2H3. The maximum Gasteiger partial charge on any atom is 0.216 e. The van der Waals surface area contributed by atoms with Gasteiger partial charge < -0.3 is 0 Å². The highest BCUT2D eigenvalue weighted by molar-refractivity contribution is 7.88. The number of hydrogen-bond acceptors (Lipinski definition) is 4. The predicted octanol–water partition coefficient (Wildman–Crippen LogP) is 2.38. The molecule has 0 saturated carbocycles. The van der Waals surface area contributed by atoms with Gasteiger partial charge in [0.15, 0.2) is 0 Å². The normalized spacial score (nSPS) is 11.7. The fourth-order valence-electron chi connectivity index (χ4n) is 1.61. The Morgan fingerprint density at radius 2 is 1.89 bits per heavy atom. The van der Waals surface area contributed by atoms with Crippen molar-refractivity contribution in [1.29, 1.82) is 0 Å². The summed E-state index contributed by atoms with van der Waals surface area (Å²) in [5.74, 6) is -0.00234. The number of hydrogen-bond donors (Lipinski definition) is 1. The number of nitrogens with one attached hydrogen (secondary N) is 1. The molecule has 0 radical (unpaired) electrons. The van der Waals surface area contributed by atoms with Crippen LogP contribution in [0.5, 0.6) is 0 Å². The number of aryl methyl sites for hydroxylation is 2. The number of sulfonamides is 1. The molecule has 0 atom stereocenters. The third-order valence-electron chi connectivity index (χ3n) is 2.59. The molecule has 0 amide bonds. The van der Waals surface area contributed by atoms with Crippen molar-refractivity contribution in [1.82, 2.24) is 9.71 Å². The molecule has 6 heteroatoms. The Kier molecular flexibility index (Phi) is 4.34. The number of thiazole rings is 1. The Labute approximate surface area is 117 Å². The highest BCUT2D eigenvalue weighted by Gasteiger charge is 2.12. The fourth-order valence-corrected chi connectivity index (χ4v) is 3.52. The molecular formula is C13H16N2O2S2. The first-order valence-electron chi connectivity index (χ1n) is 5.89. The van der Waals surface area contributed by atoms with E-state index >= 15 is 0 Å². The van der Waals surface area contributed by atoms with Crippen molar-refractivity contribution in [2.45, 2.75) is 26.1 Å². The average Bonchev–Trinajstić information content (AvgIpc) is 2.76. The number of rotatable bonds is 5. The lowest BCUT2D eigenvalue weighted by molar-refractivity contribution is 0.580. The first kappa shape index (κ1) is 14.2. The zero-order valence-corrected chi connectivity index (χ0v) is 12.5. The summed E-state index contributed by atoms with van der Waals surface area (Å²) in [6.45, 7) is 4.18. The molecule has 0 saturated heterocycles.